The maximum Gasteiger partial charge on any atom is 0.253 e. The Kier molecular flexibility index (Phi) is 5.44. The van der Waals surface area contributed by atoms with Gasteiger partial charge in [-0.2, -0.15) is 5.10 Å². The van der Waals surface area contributed by atoms with Crippen molar-refractivity contribution in [1.82, 2.24) is 24.6 Å². The van der Waals surface area contributed by atoms with Crippen LogP contribution in [0.1, 0.15) is 27.2 Å². The molecule has 0 radical (unpaired) electrons. The average Bonchev–Trinajstić information content (AvgIpc) is 3.07. The number of aromatic nitrogens is 4. The highest BCUT2D eigenvalue weighted by molar-refractivity contribution is 5.95. The summed E-state index contributed by atoms with van der Waals surface area (Å²) in [5.74, 6) is 0.616. The number of amides is 1. The lowest BCUT2D eigenvalue weighted by Crippen LogP contribution is -2.26. The summed E-state index contributed by atoms with van der Waals surface area (Å²) in [6.07, 6.45) is 3.69. The van der Waals surface area contributed by atoms with Crippen LogP contribution in [0.15, 0.2) is 36.7 Å². The van der Waals surface area contributed by atoms with Gasteiger partial charge in [-0.05, 0) is 31.5 Å². The molecular formula is C21H26N6O. The summed E-state index contributed by atoms with van der Waals surface area (Å²) in [6.45, 7) is 4.49. The number of hydrogen-bond donors (Lipinski definition) is 0. The van der Waals surface area contributed by atoms with Crippen molar-refractivity contribution in [3.8, 4) is 11.3 Å². The van der Waals surface area contributed by atoms with Gasteiger partial charge in [-0.25, -0.2) is 9.97 Å². The zero-order chi connectivity index (χ0) is 20.4. The number of hydrogen-bond acceptors (Lipinski definition) is 5. The molecule has 0 spiro atoms. The molecule has 1 aromatic carbocycles. The van der Waals surface area contributed by atoms with Gasteiger partial charge in [0.15, 0.2) is 0 Å². The van der Waals surface area contributed by atoms with Crippen LogP contribution >= 0.6 is 0 Å². The minimum atomic E-state index is -0.0398. The van der Waals surface area contributed by atoms with E-state index >= 15 is 0 Å². The first-order chi connectivity index (χ1) is 13.3. The Labute approximate surface area is 165 Å². The fourth-order valence-electron chi connectivity index (χ4n) is 3.01. The summed E-state index contributed by atoms with van der Waals surface area (Å²) in [5.41, 5.74) is 5.32. The summed E-state index contributed by atoms with van der Waals surface area (Å²) in [4.78, 5) is 25.7. The van der Waals surface area contributed by atoms with E-state index in [-0.39, 0.29) is 5.91 Å². The molecule has 7 heteroatoms. The Morgan fingerprint density at radius 2 is 1.89 bits per heavy atom. The van der Waals surface area contributed by atoms with Crippen LogP contribution in [-0.2, 0) is 13.6 Å². The Morgan fingerprint density at radius 3 is 2.54 bits per heavy atom. The van der Waals surface area contributed by atoms with E-state index in [0.29, 0.717) is 18.1 Å². The molecule has 0 fully saturated rings. The number of carbonyl (C=O) groups excluding carboxylic acids is 1. The van der Waals surface area contributed by atoms with Gasteiger partial charge in [0.25, 0.3) is 5.91 Å². The summed E-state index contributed by atoms with van der Waals surface area (Å²) >= 11 is 0. The van der Waals surface area contributed by atoms with Crippen molar-refractivity contribution in [3.63, 3.8) is 0 Å². The van der Waals surface area contributed by atoms with Gasteiger partial charge < -0.3 is 9.80 Å². The van der Waals surface area contributed by atoms with Crippen LogP contribution in [0, 0.1) is 13.8 Å². The van der Waals surface area contributed by atoms with E-state index in [2.05, 4.69) is 10.1 Å². The minimum Gasteiger partial charge on any atom is -0.347 e. The highest BCUT2D eigenvalue weighted by atomic mass is 16.2. The normalized spacial score (nSPS) is 10.8. The third-order valence-electron chi connectivity index (χ3n) is 4.69. The van der Waals surface area contributed by atoms with Crippen LogP contribution in [0.3, 0.4) is 0 Å². The number of anilines is 1. The van der Waals surface area contributed by atoms with Crippen molar-refractivity contribution in [2.24, 2.45) is 7.05 Å². The van der Waals surface area contributed by atoms with Gasteiger partial charge in [-0.1, -0.05) is 12.1 Å². The van der Waals surface area contributed by atoms with Crippen LogP contribution < -0.4 is 4.90 Å². The highest BCUT2D eigenvalue weighted by Crippen LogP contribution is 2.26. The van der Waals surface area contributed by atoms with Gasteiger partial charge in [0.05, 0.1) is 11.9 Å². The molecule has 3 aromatic rings. The maximum atomic E-state index is 12.9. The molecule has 0 saturated carbocycles. The van der Waals surface area contributed by atoms with Crippen LogP contribution in [0.25, 0.3) is 11.3 Å². The number of benzene rings is 1. The predicted molar refractivity (Wildman–Crippen MR) is 110 cm³/mol. The van der Waals surface area contributed by atoms with Crippen LogP contribution in [0.2, 0.25) is 0 Å². The molecule has 0 saturated heterocycles. The Balaban J connectivity index is 1.91. The average molecular weight is 378 g/mol. The molecule has 2 heterocycles. The Hall–Kier alpha value is -3.22. The monoisotopic (exact) mass is 378 g/mol. The van der Waals surface area contributed by atoms with E-state index in [0.717, 1.165) is 28.1 Å². The fraction of sp³-hybridized carbons (Fsp3) is 0.333. The molecule has 146 valence electrons. The second kappa shape index (κ2) is 7.80. The van der Waals surface area contributed by atoms with Gasteiger partial charge in [0, 0.05) is 63.3 Å². The summed E-state index contributed by atoms with van der Waals surface area (Å²) < 4.78 is 1.73. The molecular weight excluding hydrogens is 352 g/mol. The van der Waals surface area contributed by atoms with E-state index in [1.54, 1.807) is 22.8 Å². The molecule has 0 N–H and O–H groups in total. The predicted octanol–water partition coefficient (Wildman–Crippen LogP) is 2.83. The summed E-state index contributed by atoms with van der Waals surface area (Å²) in [5, 5.41) is 4.16. The molecule has 2 aromatic heterocycles. The first-order valence-corrected chi connectivity index (χ1v) is 9.12. The Morgan fingerprint density at radius 1 is 1.14 bits per heavy atom. The third kappa shape index (κ3) is 4.03. The number of aryl methyl sites for hydroxylation is 2. The molecule has 3 rings (SSSR count). The van der Waals surface area contributed by atoms with Crippen molar-refractivity contribution in [2.45, 2.75) is 20.4 Å². The number of nitrogens with zero attached hydrogens (tertiary/aromatic N) is 6. The van der Waals surface area contributed by atoms with Crippen molar-refractivity contribution < 1.29 is 4.79 Å². The van der Waals surface area contributed by atoms with E-state index in [9.17, 15) is 4.79 Å². The lowest BCUT2D eigenvalue weighted by molar-refractivity contribution is 0.0785. The van der Waals surface area contributed by atoms with Gasteiger partial charge in [0.2, 0.25) is 5.95 Å². The number of rotatable bonds is 5. The minimum absolute atomic E-state index is 0.0398. The Bertz CT molecular complexity index is 1010. The SMILES string of the molecule is Cc1nc(N(C)C)nc(-c2cccc(C(=O)N(C)Cc3cnn(C)c3)c2)c1C. The lowest BCUT2D eigenvalue weighted by atomic mass is 10.0. The molecule has 0 bridgehead atoms. The molecule has 0 aliphatic rings. The lowest BCUT2D eigenvalue weighted by Gasteiger charge is -2.18. The van der Waals surface area contributed by atoms with Gasteiger partial charge in [0.1, 0.15) is 0 Å². The van der Waals surface area contributed by atoms with Crippen molar-refractivity contribution >= 4 is 11.9 Å². The fourth-order valence-corrected chi connectivity index (χ4v) is 3.01. The molecule has 0 unspecified atom stereocenters. The standard InChI is InChI=1S/C21H26N6O/c1-14-15(2)23-21(25(3)4)24-19(14)17-8-7-9-18(10-17)20(28)26(5)12-16-11-22-27(6)13-16/h7-11,13H,12H2,1-6H3. The quantitative estimate of drug-likeness (QED) is 0.683. The molecule has 0 aliphatic heterocycles. The highest BCUT2D eigenvalue weighted by Gasteiger charge is 2.16. The molecule has 1 amide bonds. The van der Waals surface area contributed by atoms with E-state index in [1.165, 1.54) is 0 Å². The third-order valence-corrected chi connectivity index (χ3v) is 4.69. The first-order valence-electron chi connectivity index (χ1n) is 9.12. The largest absolute Gasteiger partial charge is 0.347 e. The zero-order valence-corrected chi connectivity index (χ0v) is 17.3. The van der Waals surface area contributed by atoms with Crippen molar-refractivity contribution in [2.75, 3.05) is 26.0 Å². The topological polar surface area (TPSA) is 67.2 Å². The number of carbonyl (C=O) groups is 1. The van der Waals surface area contributed by atoms with Crippen LogP contribution in [0.5, 0.6) is 0 Å². The van der Waals surface area contributed by atoms with E-state index in [1.807, 2.05) is 70.4 Å². The van der Waals surface area contributed by atoms with Crippen molar-refractivity contribution in [1.29, 1.82) is 0 Å². The molecule has 0 atom stereocenters. The second-order valence-electron chi connectivity index (χ2n) is 7.24. The second-order valence-corrected chi connectivity index (χ2v) is 7.24. The van der Waals surface area contributed by atoms with E-state index in [4.69, 9.17) is 4.98 Å². The van der Waals surface area contributed by atoms with Gasteiger partial charge in [-0.3, -0.25) is 9.48 Å². The van der Waals surface area contributed by atoms with Crippen LogP contribution in [-0.4, -0.2) is 51.7 Å². The zero-order valence-electron chi connectivity index (χ0n) is 17.3. The van der Waals surface area contributed by atoms with Crippen LogP contribution in [0.4, 0.5) is 5.95 Å². The summed E-state index contributed by atoms with van der Waals surface area (Å²) in [6, 6.07) is 7.61. The maximum absolute atomic E-state index is 12.9. The van der Waals surface area contributed by atoms with Gasteiger partial charge in [-0.15, -0.1) is 0 Å². The molecule has 7 nitrogen and oxygen atoms in total. The van der Waals surface area contributed by atoms with E-state index < -0.39 is 0 Å². The first kappa shape index (κ1) is 19.5. The summed E-state index contributed by atoms with van der Waals surface area (Å²) in [7, 11) is 7.50. The smallest absolute Gasteiger partial charge is 0.253 e. The molecule has 28 heavy (non-hydrogen) atoms. The van der Waals surface area contributed by atoms with Crippen molar-refractivity contribution in [3.05, 3.63) is 59.0 Å². The molecule has 0 aliphatic carbocycles. The van der Waals surface area contributed by atoms with Gasteiger partial charge >= 0.3 is 0 Å².